The van der Waals surface area contributed by atoms with Crippen LogP contribution >= 0.6 is 0 Å². The number of hydrogen-bond donors (Lipinski definition) is 2. The van der Waals surface area contributed by atoms with Gasteiger partial charge in [-0.05, 0) is 19.1 Å². The standard InChI is InChI=1S/C19H23N7O2/c1-13-23-16(10-17(24-13)25(2)3)20-8-9-21-18(27)11-26-12-22-15-7-5-4-6-14(15)19(26)28/h4-7,10,12H,8-9,11H2,1-3H3,(H,21,27)(H,20,23,24). The Morgan fingerprint density at radius 1 is 1.18 bits per heavy atom. The molecule has 0 aliphatic carbocycles. The second kappa shape index (κ2) is 8.47. The number of benzene rings is 1. The van der Waals surface area contributed by atoms with Crippen molar-refractivity contribution in [2.75, 3.05) is 37.4 Å². The molecule has 0 aliphatic heterocycles. The summed E-state index contributed by atoms with van der Waals surface area (Å²) in [7, 11) is 3.82. The minimum atomic E-state index is -0.256. The molecule has 2 heterocycles. The van der Waals surface area contributed by atoms with Crippen LogP contribution in [0, 0.1) is 6.92 Å². The third-order valence-corrected chi connectivity index (χ3v) is 4.08. The molecule has 0 fully saturated rings. The molecule has 2 N–H and O–H groups in total. The lowest BCUT2D eigenvalue weighted by Crippen LogP contribution is -2.35. The number of aromatic nitrogens is 4. The maximum Gasteiger partial charge on any atom is 0.261 e. The Balaban J connectivity index is 1.53. The Bertz CT molecular complexity index is 1050. The van der Waals surface area contributed by atoms with Gasteiger partial charge in [0.2, 0.25) is 5.91 Å². The van der Waals surface area contributed by atoms with Crippen LogP contribution in [0.15, 0.2) is 41.5 Å². The summed E-state index contributed by atoms with van der Waals surface area (Å²) in [6.07, 6.45) is 1.40. The molecule has 0 spiro atoms. The smallest absolute Gasteiger partial charge is 0.261 e. The summed E-state index contributed by atoms with van der Waals surface area (Å²) < 4.78 is 1.31. The molecular formula is C19H23N7O2. The SMILES string of the molecule is Cc1nc(NCCNC(=O)Cn2cnc3ccccc3c2=O)cc(N(C)C)n1. The predicted molar refractivity (Wildman–Crippen MR) is 109 cm³/mol. The molecule has 0 atom stereocenters. The average molecular weight is 381 g/mol. The number of carbonyl (C=O) groups excluding carboxylic acids is 1. The molecule has 1 amide bonds. The summed E-state index contributed by atoms with van der Waals surface area (Å²) in [6.45, 7) is 2.65. The first-order valence-electron chi connectivity index (χ1n) is 8.92. The van der Waals surface area contributed by atoms with Gasteiger partial charge in [-0.2, -0.15) is 0 Å². The minimum absolute atomic E-state index is 0.0753. The lowest BCUT2D eigenvalue weighted by molar-refractivity contribution is -0.121. The van der Waals surface area contributed by atoms with Gasteiger partial charge in [-0.1, -0.05) is 12.1 Å². The Morgan fingerprint density at radius 3 is 2.75 bits per heavy atom. The maximum atomic E-state index is 12.4. The van der Waals surface area contributed by atoms with Gasteiger partial charge in [-0.25, -0.2) is 15.0 Å². The normalized spacial score (nSPS) is 10.7. The topological polar surface area (TPSA) is 105 Å². The van der Waals surface area contributed by atoms with Crippen LogP contribution in [0.2, 0.25) is 0 Å². The van der Waals surface area contributed by atoms with Gasteiger partial charge in [0, 0.05) is 33.3 Å². The fourth-order valence-electron chi connectivity index (χ4n) is 2.69. The largest absolute Gasteiger partial charge is 0.368 e. The van der Waals surface area contributed by atoms with E-state index in [0.717, 1.165) is 5.82 Å². The molecule has 0 bridgehead atoms. The number of para-hydroxylation sites is 1. The van der Waals surface area contributed by atoms with E-state index in [9.17, 15) is 9.59 Å². The van der Waals surface area contributed by atoms with Crippen LogP contribution in [0.5, 0.6) is 0 Å². The highest BCUT2D eigenvalue weighted by molar-refractivity contribution is 5.78. The third-order valence-electron chi connectivity index (χ3n) is 4.08. The minimum Gasteiger partial charge on any atom is -0.368 e. The van der Waals surface area contributed by atoms with Gasteiger partial charge in [-0.15, -0.1) is 0 Å². The molecule has 28 heavy (non-hydrogen) atoms. The fraction of sp³-hybridized carbons (Fsp3) is 0.316. The molecule has 0 saturated carbocycles. The lowest BCUT2D eigenvalue weighted by Gasteiger charge is -2.14. The van der Waals surface area contributed by atoms with Gasteiger partial charge in [-0.3, -0.25) is 14.2 Å². The average Bonchev–Trinajstić information content (AvgIpc) is 2.67. The number of nitrogens with one attached hydrogen (secondary N) is 2. The molecular weight excluding hydrogens is 358 g/mol. The molecule has 0 aliphatic rings. The second-order valence-electron chi connectivity index (χ2n) is 6.52. The number of nitrogens with zero attached hydrogens (tertiary/aromatic N) is 5. The molecule has 0 saturated heterocycles. The summed E-state index contributed by atoms with van der Waals surface area (Å²) in [5.74, 6) is 1.91. The summed E-state index contributed by atoms with van der Waals surface area (Å²) in [4.78, 5) is 39.3. The molecule has 2 aromatic heterocycles. The summed E-state index contributed by atoms with van der Waals surface area (Å²) >= 11 is 0. The molecule has 1 aromatic carbocycles. The Morgan fingerprint density at radius 2 is 1.96 bits per heavy atom. The van der Waals surface area contributed by atoms with E-state index in [1.807, 2.05) is 38.1 Å². The van der Waals surface area contributed by atoms with Gasteiger partial charge in [0.1, 0.15) is 24.0 Å². The first kappa shape index (κ1) is 19.3. The molecule has 3 aromatic rings. The Labute approximate surface area is 162 Å². The van der Waals surface area contributed by atoms with Crippen LogP contribution < -0.4 is 21.1 Å². The van der Waals surface area contributed by atoms with Gasteiger partial charge >= 0.3 is 0 Å². The van der Waals surface area contributed by atoms with Gasteiger partial charge in [0.25, 0.3) is 5.56 Å². The number of carbonyl (C=O) groups is 1. The van der Waals surface area contributed by atoms with Crippen LogP contribution in [0.3, 0.4) is 0 Å². The first-order chi connectivity index (χ1) is 13.4. The van der Waals surface area contributed by atoms with Gasteiger partial charge in [0.05, 0.1) is 17.2 Å². The van der Waals surface area contributed by atoms with Crippen molar-refractivity contribution in [1.29, 1.82) is 0 Å². The van der Waals surface area contributed by atoms with Crippen molar-refractivity contribution in [2.24, 2.45) is 0 Å². The van der Waals surface area contributed by atoms with E-state index in [1.54, 1.807) is 18.2 Å². The maximum absolute atomic E-state index is 12.4. The number of rotatable bonds is 7. The van der Waals surface area contributed by atoms with Crippen molar-refractivity contribution in [1.82, 2.24) is 24.8 Å². The molecule has 3 rings (SSSR count). The zero-order valence-corrected chi connectivity index (χ0v) is 16.1. The highest BCUT2D eigenvalue weighted by Gasteiger charge is 2.08. The summed E-state index contributed by atoms with van der Waals surface area (Å²) in [5.41, 5.74) is 0.386. The number of aryl methyl sites for hydroxylation is 1. The highest BCUT2D eigenvalue weighted by Crippen LogP contribution is 2.12. The van der Waals surface area contributed by atoms with E-state index >= 15 is 0 Å². The molecule has 0 radical (unpaired) electrons. The second-order valence-corrected chi connectivity index (χ2v) is 6.52. The van der Waals surface area contributed by atoms with E-state index in [0.29, 0.717) is 35.6 Å². The van der Waals surface area contributed by atoms with Crippen molar-refractivity contribution in [2.45, 2.75) is 13.5 Å². The Kier molecular flexibility index (Phi) is 5.83. The molecule has 9 heteroatoms. The quantitative estimate of drug-likeness (QED) is 0.583. The summed E-state index contributed by atoms with van der Waals surface area (Å²) in [6, 6.07) is 8.91. The van der Waals surface area contributed by atoms with Crippen LogP contribution in [0.1, 0.15) is 5.82 Å². The third kappa shape index (κ3) is 4.61. The van der Waals surface area contributed by atoms with Crippen molar-refractivity contribution >= 4 is 28.4 Å². The molecule has 0 unspecified atom stereocenters. The molecule has 9 nitrogen and oxygen atoms in total. The van der Waals surface area contributed by atoms with E-state index in [4.69, 9.17) is 0 Å². The van der Waals surface area contributed by atoms with Crippen LogP contribution in [-0.2, 0) is 11.3 Å². The fourth-order valence-corrected chi connectivity index (χ4v) is 2.69. The predicted octanol–water partition coefficient (Wildman–Crippen LogP) is 0.789. The van der Waals surface area contributed by atoms with E-state index in [2.05, 4.69) is 25.6 Å². The number of anilines is 2. The van der Waals surface area contributed by atoms with Crippen molar-refractivity contribution < 1.29 is 4.79 Å². The van der Waals surface area contributed by atoms with E-state index in [1.165, 1.54) is 10.9 Å². The van der Waals surface area contributed by atoms with Crippen LogP contribution in [-0.4, -0.2) is 52.6 Å². The molecule has 146 valence electrons. The van der Waals surface area contributed by atoms with E-state index in [-0.39, 0.29) is 18.0 Å². The van der Waals surface area contributed by atoms with Crippen LogP contribution in [0.4, 0.5) is 11.6 Å². The van der Waals surface area contributed by atoms with Crippen molar-refractivity contribution in [3.8, 4) is 0 Å². The number of fused-ring (bicyclic) bond motifs is 1. The lowest BCUT2D eigenvalue weighted by atomic mass is 10.2. The monoisotopic (exact) mass is 381 g/mol. The van der Waals surface area contributed by atoms with E-state index < -0.39 is 0 Å². The number of amides is 1. The zero-order chi connectivity index (χ0) is 20.1. The number of hydrogen-bond acceptors (Lipinski definition) is 7. The zero-order valence-electron chi connectivity index (χ0n) is 16.1. The van der Waals surface area contributed by atoms with Crippen molar-refractivity contribution in [3.63, 3.8) is 0 Å². The first-order valence-corrected chi connectivity index (χ1v) is 8.92. The van der Waals surface area contributed by atoms with Crippen LogP contribution in [0.25, 0.3) is 10.9 Å². The highest BCUT2D eigenvalue weighted by atomic mass is 16.2. The summed E-state index contributed by atoms with van der Waals surface area (Å²) in [5, 5.41) is 6.44. The van der Waals surface area contributed by atoms with Gasteiger partial charge < -0.3 is 15.5 Å². The Hall–Kier alpha value is -3.49. The van der Waals surface area contributed by atoms with Gasteiger partial charge in [0.15, 0.2) is 0 Å². The van der Waals surface area contributed by atoms with Crippen molar-refractivity contribution in [3.05, 3.63) is 52.8 Å².